The summed E-state index contributed by atoms with van der Waals surface area (Å²) in [5, 5.41) is 21.2. The van der Waals surface area contributed by atoms with Crippen LogP contribution in [-0.2, 0) is 13.0 Å². The molecule has 0 amide bonds. The van der Waals surface area contributed by atoms with Crippen molar-refractivity contribution < 1.29 is 5.11 Å². The first kappa shape index (κ1) is 21.1. The molecule has 0 aromatic carbocycles. The summed E-state index contributed by atoms with van der Waals surface area (Å²) in [6.07, 6.45) is 4.13. The number of hydrogen-bond acceptors (Lipinski definition) is 4. The summed E-state index contributed by atoms with van der Waals surface area (Å²) >= 11 is 0. The highest BCUT2D eigenvalue weighted by Gasteiger charge is 2.19. The van der Waals surface area contributed by atoms with E-state index in [4.69, 9.17) is 4.99 Å². The lowest BCUT2D eigenvalue weighted by atomic mass is 10.1. The molecule has 0 radical (unpaired) electrons. The Bertz CT molecular complexity index is 497. The Labute approximate surface area is 162 Å². The van der Waals surface area contributed by atoms with Gasteiger partial charge in [0, 0.05) is 39.1 Å². The SMILES string of the molecule is CCc1nncn1CCNC(=NCC(C)C)N1CCC(O)CC1.I. The van der Waals surface area contributed by atoms with Crippen molar-refractivity contribution in [2.24, 2.45) is 10.9 Å². The molecule has 0 atom stereocenters. The Morgan fingerprint density at radius 1 is 1.42 bits per heavy atom. The largest absolute Gasteiger partial charge is 0.393 e. The molecule has 0 saturated carbocycles. The Morgan fingerprint density at radius 2 is 2.12 bits per heavy atom. The molecule has 1 aromatic heterocycles. The number of aliphatic imine (C=N–C) groups is 1. The van der Waals surface area contributed by atoms with Gasteiger partial charge in [0.1, 0.15) is 12.2 Å². The normalized spacial score (nSPS) is 16.4. The van der Waals surface area contributed by atoms with Crippen LogP contribution in [0.1, 0.15) is 39.4 Å². The van der Waals surface area contributed by atoms with Crippen LogP contribution in [-0.4, -0.2) is 63.0 Å². The van der Waals surface area contributed by atoms with Gasteiger partial charge in [-0.2, -0.15) is 0 Å². The maximum Gasteiger partial charge on any atom is 0.193 e. The van der Waals surface area contributed by atoms with Gasteiger partial charge in [0.25, 0.3) is 0 Å². The van der Waals surface area contributed by atoms with Crippen molar-refractivity contribution in [3.8, 4) is 0 Å². The summed E-state index contributed by atoms with van der Waals surface area (Å²) < 4.78 is 2.08. The summed E-state index contributed by atoms with van der Waals surface area (Å²) in [7, 11) is 0. The van der Waals surface area contributed by atoms with Crippen LogP contribution in [0.3, 0.4) is 0 Å². The number of halogens is 1. The van der Waals surface area contributed by atoms with Crippen molar-refractivity contribution >= 4 is 29.9 Å². The zero-order valence-electron chi connectivity index (χ0n) is 15.0. The van der Waals surface area contributed by atoms with Crippen LogP contribution in [0.25, 0.3) is 0 Å². The van der Waals surface area contributed by atoms with Gasteiger partial charge >= 0.3 is 0 Å². The molecule has 0 spiro atoms. The summed E-state index contributed by atoms with van der Waals surface area (Å²) in [5.74, 6) is 2.50. The molecular weight excluding hydrogens is 419 g/mol. The fourth-order valence-electron chi connectivity index (χ4n) is 2.64. The zero-order valence-corrected chi connectivity index (χ0v) is 17.3. The molecule has 2 heterocycles. The molecule has 24 heavy (non-hydrogen) atoms. The average molecular weight is 450 g/mol. The van der Waals surface area contributed by atoms with E-state index in [1.165, 1.54) is 0 Å². The number of aromatic nitrogens is 3. The van der Waals surface area contributed by atoms with E-state index in [1.807, 2.05) is 0 Å². The number of hydrogen-bond donors (Lipinski definition) is 2. The summed E-state index contributed by atoms with van der Waals surface area (Å²) in [6, 6.07) is 0. The van der Waals surface area contributed by atoms with Crippen LogP contribution < -0.4 is 5.32 Å². The van der Waals surface area contributed by atoms with Crippen molar-refractivity contribution in [3.63, 3.8) is 0 Å². The van der Waals surface area contributed by atoms with Gasteiger partial charge in [0.15, 0.2) is 5.96 Å². The number of rotatable bonds is 6. The summed E-state index contributed by atoms with van der Waals surface area (Å²) in [6.45, 7) is 10.6. The van der Waals surface area contributed by atoms with Crippen LogP contribution in [0.2, 0.25) is 0 Å². The zero-order chi connectivity index (χ0) is 16.7. The third-order valence-corrected chi connectivity index (χ3v) is 4.02. The smallest absolute Gasteiger partial charge is 0.193 e. The number of nitrogens with one attached hydrogen (secondary N) is 1. The summed E-state index contributed by atoms with van der Waals surface area (Å²) in [4.78, 5) is 6.99. The van der Waals surface area contributed by atoms with Gasteiger partial charge in [-0.15, -0.1) is 34.2 Å². The topological polar surface area (TPSA) is 78.6 Å². The number of guanidine groups is 1. The van der Waals surface area contributed by atoms with Crippen LogP contribution >= 0.6 is 24.0 Å². The van der Waals surface area contributed by atoms with Crippen molar-refractivity contribution in [2.45, 2.75) is 52.7 Å². The van der Waals surface area contributed by atoms with E-state index in [-0.39, 0.29) is 30.1 Å². The summed E-state index contributed by atoms with van der Waals surface area (Å²) in [5.41, 5.74) is 0. The first-order chi connectivity index (χ1) is 11.1. The monoisotopic (exact) mass is 450 g/mol. The van der Waals surface area contributed by atoms with E-state index in [1.54, 1.807) is 6.33 Å². The first-order valence-corrected chi connectivity index (χ1v) is 8.68. The minimum Gasteiger partial charge on any atom is -0.393 e. The van der Waals surface area contributed by atoms with Gasteiger partial charge in [-0.3, -0.25) is 4.99 Å². The number of aliphatic hydroxyl groups excluding tert-OH is 1. The van der Waals surface area contributed by atoms with Crippen LogP contribution in [0, 0.1) is 5.92 Å². The van der Waals surface area contributed by atoms with E-state index < -0.39 is 0 Å². The quantitative estimate of drug-likeness (QED) is 0.391. The highest BCUT2D eigenvalue weighted by atomic mass is 127. The molecule has 2 N–H and O–H groups in total. The average Bonchev–Trinajstić information content (AvgIpc) is 2.99. The van der Waals surface area contributed by atoms with E-state index in [0.717, 1.165) is 63.8 Å². The van der Waals surface area contributed by atoms with Gasteiger partial charge in [-0.1, -0.05) is 20.8 Å². The Kier molecular flexibility index (Phi) is 9.57. The Balaban J connectivity index is 0.00000288. The van der Waals surface area contributed by atoms with Gasteiger partial charge < -0.3 is 19.9 Å². The van der Waals surface area contributed by atoms with Gasteiger partial charge in [-0.25, -0.2) is 0 Å². The third kappa shape index (κ3) is 6.54. The number of piperidine rings is 1. The van der Waals surface area contributed by atoms with Gasteiger partial charge in [0.2, 0.25) is 0 Å². The van der Waals surface area contributed by atoms with E-state index in [2.05, 4.69) is 45.8 Å². The third-order valence-electron chi connectivity index (χ3n) is 4.02. The highest BCUT2D eigenvalue weighted by molar-refractivity contribution is 14.0. The Morgan fingerprint density at radius 3 is 2.75 bits per heavy atom. The molecular formula is C16H31IN6O. The molecule has 0 bridgehead atoms. The van der Waals surface area contributed by atoms with Crippen LogP contribution in [0.5, 0.6) is 0 Å². The number of aryl methyl sites for hydroxylation is 1. The second kappa shape index (κ2) is 10.9. The molecule has 1 aromatic rings. The van der Waals surface area contributed by atoms with Gasteiger partial charge in [-0.05, 0) is 18.8 Å². The van der Waals surface area contributed by atoms with Crippen LogP contribution in [0.4, 0.5) is 0 Å². The molecule has 8 heteroatoms. The molecule has 7 nitrogen and oxygen atoms in total. The molecule has 2 rings (SSSR count). The molecule has 1 fully saturated rings. The molecule has 0 aliphatic carbocycles. The van der Waals surface area contributed by atoms with E-state index >= 15 is 0 Å². The lowest BCUT2D eigenvalue weighted by molar-refractivity contribution is 0.108. The maximum atomic E-state index is 9.68. The highest BCUT2D eigenvalue weighted by Crippen LogP contribution is 2.10. The first-order valence-electron chi connectivity index (χ1n) is 8.68. The standard InChI is InChI=1S/C16H30N6O.HI/c1-4-15-20-19-12-22(15)10-7-17-16(18-11-13(2)3)21-8-5-14(23)6-9-21;/h12-14,23H,4-11H2,1-3H3,(H,17,18);1H. The second-order valence-corrected chi connectivity index (χ2v) is 6.50. The van der Waals surface area contributed by atoms with E-state index in [9.17, 15) is 5.11 Å². The molecule has 0 unspecified atom stereocenters. The maximum absolute atomic E-state index is 9.68. The van der Waals surface area contributed by atoms with Crippen LogP contribution in [0.15, 0.2) is 11.3 Å². The Hall–Kier alpha value is -0.900. The van der Waals surface area contributed by atoms with Crippen molar-refractivity contribution in [1.29, 1.82) is 0 Å². The second-order valence-electron chi connectivity index (χ2n) is 6.50. The number of nitrogens with zero attached hydrogens (tertiary/aromatic N) is 5. The molecule has 1 saturated heterocycles. The molecule has 1 aliphatic rings. The predicted molar refractivity (Wildman–Crippen MR) is 107 cm³/mol. The fourth-order valence-corrected chi connectivity index (χ4v) is 2.64. The van der Waals surface area contributed by atoms with Crippen molar-refractivity contribution in [3.05, 3.63) is 12.2 Å². The van der Waals surface area contributed by atoms with Crippen molar-refractivity contribution in [2.75, 3.05) is 26.2 Å². The minimum atomic E-state index is -0.165. The lowest BCUT2D eigenvalue weighted by Gasteiger charge is -2.32. The number of aliphatic hydroxyl groups is 1. The van der Waals surface area contributed by atoms with E-state index in [0.29, 0.717) is 5.92 Å². The molecule has 1 aliphatic heterocycles. The lowest BCUT2D eigenvalue weighted by Crippen LogP contribution is -2.47. The predicted octanol–water partition coefficient (Wildman–Crippen LogP) is 1.52. The van der Waals surface area contributed by atoms with Crippen molar-refractivity contribution in [1.82, 2.24) is 25.0 Å². The minimum absolute atomic E-state index is 0. The molecule has 138 valence electrons. The number of likely N-dealkylation sites (tertiary alicyclic amines) is 1. The van der Waals surface area contributed by atoms with Gasteiger partial charge in [0.05, 0.1) is 6.10 Å². The fraction of sp³-hybridized carbons (Fsp3) is 0.812.